The zero-order chi connectivity index (χ0) is 39.7. The van der Waals surface area contributed by atoms with Gasteiger partial charge in [-0.15, -0.1) is 6.58 Å². The van der Waals surface area contributed by atoms with E-state index in [0.717, 1.165) is 0 Å². The molecule has 3 aliphatic heterocycles. The maximum atomic E-state index is 14.5. The van der Waals surface area contributed by atoms with Crippen LogP contribution in [-0.4, -0.2) is 128 Å². The predicted octanol–water partition coefficient (Wildman–Crippen LogP) is 5.91. The Labute approximate surface area is 317 Å². The maximum Gasteiger partial charge on any atom is 0.410 e. The Hall–Kier alpha value is -2.64. The third-order valence-corrected chi connectivity index (χ3v) is 12.3. The van der Waals surface area contributed by atoms with E-state index in [-0.39, 0.29) is 32.6 Å². The molecule has 0 aromatic rings. The van der Waals surface area contributed by atoms with Gasteiger partial charge >= 0.3 is 12.1 Å². The molecule has 13 atom stereocenters. The van der Waals surface area contributed by atoms with Gasteiger partial charge in [0, 0.05) is 43.1 Å². The van der Waals surface area contributed by atoms with Crippen molar-refractivity contribution in [3.8, 4) is 0 Å². The van der Waals surface area contributed by atoms with E-state index in [9.17, 15) is 18.9 Å². The van der Waals surface area contributed by atoms with Crippen molar-refractivity contribution in [2.75, 3.05) is 40.8 Å². The number of cyclic esters (lactones) is 1. The summed E-state index contributed by atoms with van der Waals surface area (Å²) >= 11 is 0. The first-order valence-electron chi connectivity index (χ1n) is 19.0. The van der Waals surface area contributed by atoms with Crippen LogP contribution in [0, 0.1) is 17.8 Å². The molecule has 0 aromatic heterocycles. The molecule has 15 nitrogen and oxygen atoms in total. The molecule has 3 fully saturated rings. The monoisotopic (exact) mass is 766 g/mol. The number of nitrogens with one attached hydrogen (secondary N) is 1. The summed E-state index contributed by atoms with van der Waals surface area (Å²) in [5.41, 5.74) is 5.80. The fourth-order valence-electron chi connectivity index (χ4n) is 8.62. The molecule has 0 bridgehead atoms. The standard InChI is InChI=1S/C37H63N6O9P/c1-12-16-37(48-11)20-22(3)21-39-26(7)31-36(8,52-35(46)43(31)18-15-14-17-40-41-38)28(13-2)50-33(45)25(6)29(44)24(5)32(37)51-34-30(53-47)27(42(9)10)19-23(4)49-34/h12,22-28,30-32,34,39H,1,13-21H2,2-11H3/t22-,23?,24+,25-,26-,27?,28-,30?,31-,32-,34+,36-,37-/m1/s1. The average molecular weight is 767 g/mol. The van der Waals surface area contributed by atoms with E-state index in [1.165, 1.54) is 6.92 Å². The Balaban J connectivity index is 2.11. The van der Waals surface area contributed by atoms with E-state index in [4.69, 9.17) is 29.2 Å². The fourth-order valence-corrected chi connectivity index (χ4v) is 9.39. The van der Waals surface area contributed by atoms with Crippen molar-refractivity contribution in [1.29, 1.82) is 0 Å². The number of fused-ring (bicyclic) bond motifs is 1. The van der Waals surface area contributed by atoms with E-state index in [1.54, 1.807) is 31.9 Å². The summed E-state index contributed by atoms with van der Waals surface area (Å²) in [6.07, 6.45) is 1.16. The minimum atomic E-state index is -1.24. The van der Waals surface area contributed by atoms with E-state index >= 15 is 0 Å². The average Bonchev–Trinajstić information content (AvgIpc) is 3.38. The first kappa shape index (κ1) is 44.8. The lowest BCUT2D eigenvalue weighted by Crippen LogP contribution is -2.61. The molecule has 3 unspecified atom stereocenters. The van der Waals surface area contributed by atoms with Gasteiger partial charge < -0.3 is 33.9 Å². The van der Waals surface area contributed by atoms with Gasteiger partial charge in [0.25, 0.3) is 0 Å². The summed E-state index contributed by atoms with van der Waals surface area (Å²) in [5.74, 6) is -3.29. The molecule has 300 valence electrons. The molecule has 0 aliphatic carbocycles. The highest BCUT2D eigenvalue weighted by Gasteiger charge is 2.59. The molecule has 0 radical (unpaired) electrons. The SMILES string of the molecule is C=CC[C@@]1(OC)C[C@@H](C)CN[C@H](C)[C@H]2N(CCCCN=[N+]=[N-])C(=O)O[C@]2(C)[C@@H](CC)OC(=O)[C@H](C)C(=O)[C@H](C)[C@H]1O[C@@H]1OC(C)CC(N(C)C)C1P=O. The molecule has 3 aliphatic rings. The van der Waals surface area contributed by atoms with Crippen molar-refractivity contribution in [2.24, 2.45) is 22.9 Å². The minimum absolute atomic E-state index is 0.0520. The first-order valence-corrected chi connectivity index (χ1v) is 19.9. The van der Waals surface area contributed by atoms with E-state index in [0.29, 0.717) is 58.2 Å². The number of hydrogen-bond donors (Lipinski definition) is 1. The van der Waals surface area contributed by atoms with Gasteiger partial charge in [0.2, 0.25) is 0 Å². The lowest BCUT2D eigenvalue weighted by molar-refractivity contribution is -0.262. The summed E-state index contributed by atoms with van der Waals surface area (Å²) in [5, 5.41) is 7.25. The number of ketones is 1. The molecule has 3 saturated heterocycles. The summed E-state index contributed by atoms with van der Waals surface area (Å²) in [6, 6.07) is -0.969. The smallest absolute Gasteiger partial charge is 0.410 e. The highest BCUT2D eigenvalue weighted by atomic mass is 31.1. The molecule has 0 spiro atoms. The normalized spacial score (nSPS) is 39.0. The van der Waals surface area contributed by atoms with Crippen LogP contribution in [0.1, 0.15) is 87.0 Å². The number of methoxy groups -OCH3 is 1. The molecule has 16 heteroatoms. The number of amides is 1. The van der Waals surface area contributed by atoms with Crippen LogP contribution in [0.3, 0.4) is 0 Å². The lowest BCUT2D eigenvalue weighted by atomic mass is 9.75. The second-order valence-corrected chi connectivity index (χ2v) is 16.4. The number of carbonyl (C=O) groups is 3. The zero-order valence-corrected chi connectivity index (χ0v) is 34.3. The fraction of sp³-hybridized carbons (Fsp3) is 0.865. The Morgan fingerprint density at radius 1 is 1.19 bits per heavy atom. The Morgan fingerprint density at radius 3 is 2.47 bits per heavy atom. The summed E-state index contributed by atoms with van der Waals surface area (Å²) in [6.45, 7) is 18.1. The summed E-state index contributed by atoms with van der Waals surface area (Å²) < 4.78 is 44.5. The summed E-state index contributed by atoms with van der Waals surface area (Å²) in [4.78, 5) is 48.4. The Morgan fingerprint density at radius 2 is 1.89 bits per heavy atom. The molecule has 1 amide bonds. The van der Waals surface area contributed by atoms with Crippen LogP contribution < -0.4 is 5.32 Å². The van der Waals surface area contributed by atoms with Gasteiger partial charge in [-0.05, 0) is 98.3 Å². The van der Waals surface area contributed by atoms with Crippen molar-refractivity contribution in [2.45, 2.75) is 147 Å². The number of ether oxygens (including phenoxy) is 5. The predicted molar refractivity (Wildman–Crippen MR) is 201 cm³/mol. The Bertz CT molecular complexity index is 1340. The highest BCUT2D eigenvalue weighted by Crippen LogP contribution is 2.42. The largest absolute Gasteiger partial charge is 0.458 e. The molecular formula is C37H63N6O9P. The van der Waals surface area contributed by atoms with Crippen molar-refractivity contribution in [3.05, 3.63) is 23.1 Å². The van der Waals surface area contributed by atoms with Crippen LogP contribution in [0.15, 0.2) is 17.8 Å². The number of nitrogens with zero attached hydrogens (tertiary/aromatic N) is 5. The maximum absolute atomic E-state index is 14.5. The molecule has 0 aromatic carbocycles. The summed E-state index contributed by atoms with van der Waals surface area (Å²) in [7, 11) is 5.29. The molecule has 53 heavy (non-hydrogen) atoms. The topological polar surface area (TPSA) is 182 Å². The number of carbonyl (C=O) groups excluding carboxylic acids is 3. The van der Waals surface area contributed by atoms with Gasteiger partial charge in [-0.3, -0.25) is 19.1 Å². The van der Waals surface area contributed by atoms with Crippen molar-refractivity contribution >= 4 is 26.3 Å². The number of Topliss-reactive ketones (excluding diaryl/α,β-unsaturated/α-hetero) is 1. The molecule has 3 rings (SSSR count). The number of unbranched alkanes of at least 4 members (excludes halogenated alkanes) is 1. The molecule has 1 N–H and O–H groups in total. The van der Waals surface area contributed by atoms with Crippen molar-refractivity contribution in [3.63, 3.8) is 0 Å². The van der Waals surface area contributed by atoms with Crippen molar-refractivity contribution in [1.82, 2.24) is 15.1 Å². The third-order valence-electron chi connectivity index (χ3n) is 11.4. The minimum Gasteiger partial charge on any atom is -0.458 e. The Kier molecular flexibility index (Phi) is 16.7. The van der Waals surface area contributed by atoms with Crippen LogP contribution in [0.5, 0.6) is 0 Å². The van der Waals surface area contributed by atoms with Crippen molar-refractivity contribution < 1.29 is 42.6 Å². The van der Waals surface area contributed by atoms with Gasteiger partial charge in [-0.25, -0.2) is 4.79 Å². The second-order valence-electron chi connectivity index (χ2n) is 15.6. The van der Waals surface area contributed by atoms with Crippen LogP contribution in [0.4, 0.5) is 4.79 Å². The van der Waals surface area contributed by atoms with Crippen LogP contribution in [0.25, 0.3) is 10.4 Å². The third kappa shape index (κ3) is 10.2. The van der Waals surface area contributed by atoms with E-state index < -0.39 is 71.1 Å². The number of hydrogen-bond acceptors (Lipinski definition) is 12. The molecule has 3 heterocycles. The molecular weight excluding hydrogens is 703 g/mol. The zero-order valence-electron chi connectivity index (χ0n) is 33.4. The quantitative estimate of drug-likeness (QED) is 0.0344. The van der Waals surface area contributed by atoms with Crippen LogP contribution in [0.2, 0.25) is 0 Å². The number of azide groups is 1. The van der Waals surface area contributed by atoms with Gasteiger partial charge in [-0.1, -0.05) is 32.0 Å². The van der Waals surface area contributed by atoms with Gasteiger partial charge in [0.05, 0.1) is 23.9 Å². The van der Waals surface area contributed by atoms with E-state index in [2.05, 4.69) is 28.8 Å². The lowest BCUT2D eigenvalue weighted by Gasteiger charge is -2.47. The highest BCUT2D eigenvalue weighted by molar-refractivity contribution is 7.25. The second kappa shape index (κ2) is 19.8. The van der Waals surface area contributed by atoms with Crippen LogP contribution in [-0.2, 0) is 37.8 Å². The van der Waals surface area contributed by atoms with E-state index in [1.807, 2.05) is 39.8 Å². The first-order chi connectivity index (χ1) is 25.0. The van der Waals surface area contributed by atoms with Gasteiger partial charge in [0.1, 0.15) is 17.7 Å². The number of esters is 1. The number of rotatable bonds is 13. The van der Waals surface area contributed by atoms with Crippen LogP contribution >= 0.6 is 8.46 Å². The molecule has 0 saturated carbocycles. The van der Waals surface area contributed by atoms with Gasteiger partial charge in [-0.2, -0.15) is 0 Å². The van der Waals surface area contributed by atoms with Gasteiger partial charge in [0.15, 0.2) is 26.1 Å².